The summed E-state index contributed by atoms with van der Waals surface area (Å²) in [7, 11) is 1.66. The van der Waals surface area contributed by atoms with Gasteiger partial charge in [0.1, 0.15) is 5.75 Å². The Morgan fingerprint density at radius 3 is 2.61 bits per heavy atom. The second kappa shape index (κ2) is 6.13. The van der Waals surface area contributed by atoms with Crippen LogP contribution in [0.5, 0.6) is 5.75 Å². The Labute approximate surface area is 140 Å². The molecule has 1 aliphatic heterocycles. The minimum absolute atomic E-state index is 0.00225. The smallest absolute Gasteiger partial charge is 0.187 e. The van der Waals surface area contributed by atoms with Gasteiger partial charge in [0.2, 0.25) is 0 Å². The third kappa shape index (κ3) is 3.42. The standard InChI is InChI=1S/C19H19NO2S/c1-19(2)20-16(12-17(21)13-7-5-4-6-8-13)15-10-9-14(22-3)11-18(15)23-19/h4-12,20H,1-3H3/b16-12-. The first kappa shape index (κ1) is 15.7. The second-order valence-corrected chi connectivity index (χ2v) is 7.55. The highest BCUT2D eigenvalue weighted by Gasteiger charge is 2.29. The number of carbonyl (C=O) groups is 1. The number of fused-ring (bicyclic) bond motifs is 1. The van der Waals surface area contributed by atoms with E-state index < -0.39 is 0 Å². The number of rotatable bonds is 3. The highest BCUT2D eigenvalue weighted by molar-refractivity contribution is 8.00. The van der Waals surface area contributed by atoms with Crippen LogP contribution in [-0.4, -0.2) is 17.8 Å². The third-order valence-electron chi connectivity index (χ3n) is 3.61. The maximum atomic E-state index is 12.5. The van der Waals surface area contributed by atoms with Gasteiger partial charge < -0.3 is 10.1 Å². The topological polar surface area (TPSA) is 38.3 Å². The van der Waals surface area contributed by atoms with E-state index in [-0.39, 0.29) is 10.7 Å². The van der Waals surface area contributed by atoms with Crippen molar-refractivity contribution in [3.05, 3.63) is 65.7 Å². The van der Waals surface area contributed by atoms with Gasteiger partial charge in [-0.15, -0.1) is 0 Å². The lowest BCUT2D eigenvalue weighted by atomic mass is 10.1. The summed E-state index contributed by atoms with van der Waals surface area (Å²) in [5.41, 5.74) is 2.56. The van der Waals surface area contributed by atoms with Crippen LogP contribution in [-0.2, 0) is 0 Å². The highest BCUT2D eigenvalue weighted by atomic mass is 32.2. The number of ketones is 1. The van der Waals surface area contributed by atoms with Crippen molar-refractivity contribution in [2.75, 3.05) is 7.11 Å². The number of hydrogen-bond donors (Lipinski definition) is 1. The summed E-state index contributed by atoms with van der Waals surface area (Å²) in [6.07, 6.45) is 1.68. The molecule has 0 radical (unpaired) electrons. The quantitative estimate of drug-likeness (QED) is 0.672. The first-order valence-electron chi connectivity index (χ1n) is 7.45. The van der Waals surface area contributed by atoms with Crippen molar-refractivity contribution < 1.29 is 9.53 Å². The zero-order valence-corrected chi connectivity index (χ0v) is 14.2. The van der Waals surface area contributed by atoms with Crippen LogP contribution in [0.25, 0.3) is 5.70 Å². The molecule has 1 N–H and O–H groups in total. The van der Waals surface area contributed by atoms with Gasteiger partial charge in [0.15, 0.2) is 5.78 Å². The van der Waals surface area contributed by atoms with Gasteiger partial charge in [-0.3, -0.25) is 4.79 Å². The molecule has 3 nitrogen and oxygen atoms in total. The summed E-state index contributed by atoms with van der Waals surface area (Å²) >= 11 is 1.73. The van der Waals surface area contributed by atoms with E-state index in [0.29, 0.717) is 5.56 Å². The maximum absolute atomic E-state index is 12.5. The van der Waals surface area contributed by atoms with Crippen LogP contribution in [0.2, 0.25) is 0 Å². The SMILES string of the molecule is COc1ccc2c(c1)SC(C)(C)N/C2=C\C(=O)c1ccccc1. The Morgan fingerprint density at radius 1 is 1.17 bits per heavy atom. The van der Waals surface area contributed by atoms with Crippen LogP contribution in [0.15, 0.2) is 59.5 Å². The number of nitrogens with one attached hydrogen (secondary N) is 1. The average Bonchev–Trinajstić information content (AvgIpc) is 2.54. The average molecular weight is 325 g/mol. The van der Waals surface area contributed by atoms with E-state index in [9.17, 15) is 4.79 Å². The molecule has 0 atom stereocenters. The van der Waals surface area contributed by atoms with Crippen molar-refractivity contribution >= 4 is 23.2 Å². The fourth-order valence-corrected chi connectivity index (χ4v) is 3.73. The minimum Gasteiger partial charge on any atom is -0.497 e. The lowest BCUT2D eigenvalue weighted by molar-refractivity contribution is 0.104. The Balaban J connectivity index is 2.03. The predicted octanol–water partition coefficient (Wildman–Crippen LogP) is 4.35. The van der Waals surface area contributed by atoms with E-state index in [1.165, 1.54) is 0 Å². The minimum atomic E-state index is -0.192. The van der Waals surface area contributed by atoms with Crippen molar-refractivity contribution in [3.8, 4) is 5.75 Å². The molecule has 23 heavy (non-hydrogen) atoms. The first-order valence-corrected chi connectivity index (χ1v) is 8.27. The molecule has 0 bridgehead atoms. The van der Waals surface area contributed by atoms with Gasteiger partial charge in [-0.05, 0) is 32.0 Å². The summed E-state index contributed by atoms with van der Waals surface area (Å²) in [5, 5.41) is 3.45. The largest absolute Gasteiger partial charge is 0.497 e. The molecule has 1 heterocycles. The molecule has 4 heteroatoms. The van der Waals surface area contributed by atoms with Gasteiger partial charge in [0.25, 0.3) is 0 Å². The fraction of sp³-hybridized carbons (Fsp3) is 0.211. The van der Waals surface area contributed by atoms with Crippen LogP contribution in [0.3, 0.4) is 0 Å². The number of ether oxygens (including phenoxy) is 1. The number of methoxy groups -OCH3 is 1. The normalized spacial score (nSPS) is 17.3. The number of allylic oxidation sites excluding steroid dienone is 1. The Hall–Kier alpha value is -2.20. The molecule has 0 amide bonds. The number of hydrogen-bond acceptors (Lipinski definition) is 4. The predicted molar refractivity (Wildman–Crippen MR) is 94.8 cm³/mol. The van der Waals surface area contributed by atoms with Gasteiger partial charge in [0.05, 0.1) is 12.0 Å². The Kier molecular flexibility index (Phi) is 4.18. The second-order valence-electron chi connectivity index (χ2n) is 5.89. The number of carbonyl (C=O) groups excluding carboxylic acids is 1. The number of thioether (sulfide) groups is 1. The van der Waals surface area contributed by atoms with E-state index in [1.807, 2.05) is 48.5 Å². The molecule has 2 aromatic rings. The van der Waals surface area contributed by atoms with E-state index in [2.05, 4.69) is 19.2 Å². The highest BCUT2D eigenvalue weighted by Crippen LogP contribution is 2.42. The van der Waals surface area contributed by atoms with E-state index in [0.717, 1.165) is 21.9 Å². The zero-order chi connectivity index (χ0) is 16.4. The molecule has 0 spiro atoms. The molecule has 0 saturated heterocycles. The van der Waals surface area contributed by atoms with Crippen molar-refractivity contribution in [1.29, 1.82) is 0 Å². The molecular formula is C19H19NO2S. The molecule has 1 aliphatic rings. The van der Waals surface area contributed by atoms with Crippen molar-refractivity contribution in [2.45, 2.75) is 23.6 Å². The van der Waals surface area contributed by atoms with Crippen LogP contribution < -0.4 is 10.1 Å². The molecule has 3 rings (SSSR count). The van der Waals surface area contributed by atoms with E-state index >= 15 is 0 Å². The van der Waals surface area contributed by atoms with Crippen LogP contribution in [0.1, 0.15) is 29.8 Å². The summed E-state index contributed by atoms with van der Waals surface area (Å²) in [5.74, 6) is 0.820. The van der Waals surface area contributed by atoms with Crippen molar-refractivity contribution in [3.63, 3.8) is 0 Å². The molecule has 0 unspecified atom stereocenters. The van der Waals surface area contributed by atoms with Gasteiger partial charge in [0, 0.05) is 27.8 Å². The van der Waals surface area contributed by atoms with E-state index in [1.54, 1.807) is 24.9 Å². The first-order chi connectivity index (χ1) is 11.0. The van der Waals surface area contributed by atoms with Crippen LogP contribution in [0, 0.1) is 0 Å². The third-order valence-corrected chi connectivity index (χ3v) is 4.78. The summed E-state index contributed by atoms with van der Waals surface area (Å²) in [6, 6.07) is 15.2. The van der Waals surface area contributed by atoms with Gasteiger partial charge in [-0.2, -0.15) is 0 Å². The zero-order valence-electron chi connectivity index (χ0n) is 13.4. The van der Waals surface area contributed by atoms with Crippen LogP contribution >= 0.6 is 11.8 Å². The fourth-order valence-electron chi connectivity index (χ4n) is 2.56. The monoisotopic (exact) mass is 325 g/mol. The summed E-state index contributed by atoms with van der Waals surface area (Å²) < 4.78 is 5.31. The molecular weight excluding hydrogens is 306 g/mol. The van der Waals surface area contributed by atoms with E-state index in [4.69, 9.17) is 4.74 Å². The molecule has 118 valence electrons. The Morgan fingerprint density at radius 2 is 1.91 bits per heavy atom. The molecule has 0 saturated carbocycles. The summed E-state index contributed by atoms with van der Waals surface area (Å²) in [4.78, 5) is 13.4. The molecule has 0 aromatic heterocycles. The molecule has 0 fully saturated rings. The maximum Gasteiger partial charge on any atom is 0.187 e. The van der Waals surface area contributed by atoms with Gasteiger partial charge in [-0.1, -0.05) is 42.1 Å². The molecule has 0 aliphatic carbocycles. The Bertz CT molecular complexity index is 766. The van der Waals surface area contributed by atoms with Crippen molar-refractivity contribution in [2.24, 2.45) is 0 Å². The summed E-state index contributed by atoms with van der Waals surface area (Å²) in [6.45, 7) is 4.20. The lowest BCUT2D eigenvalue weighted by Crippen LogP contribution is -2.37. The van der Waals surface area contributed by atoms with Crippen molar-refractivity contribution in [1.82, 2.24) is 5.32 Å². The number of benzene rings is 2. The van der Waals surface area contributed by atoms with Gasteiger partial charge >= 0.3 is 0 Å². The van der Waals surface area contributed by atoms with Crippen LogP contribution in [0.4, 0.5) is 0 Å². The molecule has 2 aromatic carbocycles. The lowest BCUT2D eigenvalue weighted by Gasteiger charge is -2.34. The van der Waals surface area contributed by atoms with Gasteiger partial charge in [-0.25, -0.2) is 0 Å².